The van der Waals surface area contributed by atoms with Gasteiger partial charge in [-0.15, -0.1) is 10.2 Å². The second-order valence-electron chi connectivity index (χ2n) is 4.51. The smallest absolute Gasteiger partial charge is 0.247 e. The van der Waals surface area contributed by atoms with Crippen LogP contribution < -0.4 is 5.32 Å². The Balaban J connectivity index is 1.88. The summed E-state index contributed by atoms with van der Waals surface area (Å²) in [6.45, 7) is 2.85. The van der Waals surface area contributed by atoms with E-state index in [2.05, 4.69) is 22.4 Å². The Hall–Kier alpha value is -1.72. The minimum absolute atomic E-state index is 0.227. The van der Waals surface area contributed by atoms with E-state index in [1.807, 2.05) is 30.3 Å². The Morgan fingerprint density at radius 3 is 2.79 bits per heavy atom. The third kappa shape index (κ3) is 4.15. The number of nitrogens with one attached hydrogen (secondary N) is 1. The molecule has 0 amide bonds. The van der Waals surface area contributed by atoms with Gasteiger partial charge in [0.2, 0.25) is 11.8 Å². The number of rotatable bonds is 7. The summed E-state index contributed by atoms with van der Waals surface area (Å²) in [5.41, 5.74) is 0.926. The van der Waals surface area contributed by atoms with Crippen LogP contribution in [0.25, 0.3) is 11.5 Å². The Morgan fingerprint density at radius 2 is 2.05 bits per heavy atom. The van der Waals surface area contributed by atoms with E-state index in [1.54, 1.807) is 0 Å². The van der Waals surface area contributed by atoms with E-state index >= 15 is 0 Å². The van der Waals surface area contributed by atoms with Crippen LogP contribution in [-0.4, -0.2) is 28.0 Å². The van der Waals surface area contributed by atoms with Gasteiger partial charge < -0.3 is 14.8 Å². The molecule has 1 aromatic carbocycles. The van der Waals surface area contributed by atoms with Crippen molar-refractivity contribution in [2.75, 3.05) is 6.61 Å². The molecule has 5 nitrogen and oxygen atoms in total. The van der Waals surface area contributed by atoms with Gasteiger partial charge in [0.25, 0.3) is 0 Å². The first-order chi connectivity index (χ1) is 9.29. The van der Waals surface area contributed by atoms with Crippen LogP contribution in [0.3, 0.4) is 0 Å². The summed E-state index contributed by atoms with van der Waals surface area (Å²) in [6, 6.07) is 10.0. The summed E-state index contributed by atoms with van der Waals surface area (Å²) in [5.74, 6) is 1.12. The minimum atomic E-state index is 0.227. The number of benzene rings is 1. The summed E-state index contributed by atoms with van der Waals surface area (Å²) >= 11 is 0. The molecule has 0 aliphatic carbocycles. The zero-order valence-corrected chi connectivity index (χ0v) is 11.0. The van der Waals surface area contributed by atoms with E-state index in [9.17, 15) is 0 Å². The van der Waals surface area contributed by atoms with Gasteiger partial charge in [-0.1, -0.05) is 18.2 Å². The molecule has 0 saturated heterocycles. The first-order valence-electron chi connectivity index (χ1n) is 6.51. The Labute approximate surface area is 112 Å². The lowest BCUT2D eigenvalue weighted by Gasteiger charge is -2.10. The maximum atomic E-state index is 8.76. The molecule has 0 spiro atoms. The molecule has 0 saturated carbocycles. The highest BCUT2D eigenvalue weighted by Crippen LogP contribution is 2.16. The summed E-state index contributed by atoms with van der Waals surface area (Å²) in [7, 11) is 0. The van der Waals surface area contributed by atoms with Crippen molar-refractivity contribution in [1.82, 2.24) is 15.5 Å². The van der Waals surface area contributed by atoms with E-state index in [0.29, 0.717) is 24.4 Å². The van der Waals surface area contributed by atoms with Crippen LogP contribution in [0.2, 0.25) is 0 Å². The van der Waals surface area contributed by atoms with Gasteiger partial charge in [-0.05, 0) is 31.9 Å². The zero-order valence-electron chi connectivity index (χ0n) is 11.0. The first-order valence-corrected chi connectivity index (χ1v) is 6.51. The van der Waals surface area contributed by atoms with E-state index in [-0.39, 0.29) is 6.61 Å². The molecule has 2 N–H and O–H groups in total. The first kappa shape index (κ1) is 13.7. The molecule has 102 valence electrons. The maximum Gasteiger partial charge on any atom is 0.247 e. The lowest BCUT2D eigenvalue weighted by molar-refractivity contribution is 0.275. The molecule has 1 aromatic heterocycles. The summed E-state index contributed by atoms with van der Waals surface area (Å²) in [4.78, 5) is 0. The Kier molecular flexibility index (Phi) is 5.06. The van der Waals surface area contributed by atoms with Gasteiger partial charge in [0, 0.05) is 18.2 Å². The van der Waals surface area contributed by atoms with Crippen molar-refractivity contribution in [3.05, 3.63) is 36.2 Å². The summed E-state index contributed by atoms with van der Waals surface area (Å²) < 4.78 is 5.59. The fourth-order valence-electron chi connectivity index (χ4n) is 1.78. The van der Waals surface area contributed by atoms with Gasteiger partial charge in [-0.25, -0.2) is 0 Å². The highest BCUT2D eigenvalue weighted by Gasteiger charge is 2.09. The molecule has 5 heteroatoms. The van der Waals surface area contributed by atoms with Gasteiger partial charge >= 0.3 is 0 Å². The quantitative estimate of drug-likeness (QED) is 0.797. The second-order valence-corrected chi connectivity index (χ2v) is 4.51. The Bertz CT molecular complexity index is 484. The lowest BCUT2D eigenvalue weighted by atomic mass is 10.2. The number of aromatic nitrogens is 2. The van der Waals surface area contributed by atoms with Crippen molar-refractivity contribution in [3.8, 4) is 11.5 Å². The molecule has 0 fully saturated rings. The predicted octanol–water partition coefficient (Wildman–Crippen LogP) is 1.99. The van der Waals surface area contributed by atoms with Crippen molar-refractivity contribution in [2.45, 2.75) is 32.4 Å². The molecule has 0 aliphatic heterocycles. The molecule has 2 aromatic rings. The average Bonchev–Trinajstić information content (AvgIpc) is 2.93. The fraction of sp³-hybridized carbons (Fsp3) is 0.429. The number of hydrogen-bond acceptors (Lipinski definition) is 5. The van der Waals surface area contributed by atoms with Crippen LogP contribution in [-0.2, 0) is 6.54 Å². The van der Waals surface area contributed by atoms with Crippen LogP contribution in [0.1, 0.15) is 25.7 Å². The highest BCUT2D eigenvalue weighted by atomic mass is 16.4. The van der Waals surface area contributed by atoms with Crippen LogP contribution in [0.4, 0.5) is 0 Å². The molecule has 0 bridgehead atoms. The van der Waals surface area contributed by atoms with Crippen molar-refractivity contribution in [3.63, 3.8) is 0 Å². The molecular weight excluding hydrogens is 242 g/mol. The molecule has 1 heterocycles. The summed E-state index contributed by atoms with van der Waals surface area (Å²) in [6.07, 6.45) is 1.73. The second kappa shape index (κ2) is 7.01. The number of hydrogen-bond donors (Lipinski definition) is 2. The van der Waals surface area contributed by atoms with E-state index in [1.165, 1.54) is 0 Å². The molecule has 19 heavy (non-hydrogen) atoms. The topological polar surface area (TPSA) is 71.2 Å². The number of aliphatic hydroxyl groups excluding tert-OH is 1. The third-order valence-electron chi connectivity index (χ3n) is 2.88. The lowest BCUT2D eigenvalue weighted by Crippen LogP contribution is -2.25. The SMILES string of the molecule is CC(CCCO)NCc1nnc(-c2ccccc2)o1. The predicted molar refractivity (Wildman–Crippen MR) is 72.4 cm³/mol. The normalized spacial score (nSPS) is 12.5. The number of aliphatic hydroxyl groups is 1. The van der Waals surface area contributed by atoms with E-state index in [4.69, 9.17) is 9.52 Å². The van der Waals surface area contributed by atoms with Crippen LogP contribution in [0.5, 0.6) is 0 Å². The molecular formula is C14H19N3O2. The largest absolute Gasteiger partial charge is 0.419 e. The third-order valence-corrected chi connectivity index (χ3v) is 2.88. The molecule has 2 rings (SSSR count). The molecule has 1 atom stereocenters. The van der Waals surface area contributed by atoms with Crippen LogP contribution >= 0.6 is 0 Å². The van der Waals surface area contributed by atoms with E-state index in [0.717, 1.165) is 18.4 Å². The summed E-state index contributed by atoms with van der Waals surface area (Å²) in [5, 5.41) is 20.1. The van der Waals surface area contributed by atoms with Gasteiger partial charge in [-0.2, -0.15) is 0 Å². The average molecular weight is 261 g/mol. The fourth-order valence-corrected chi connectivity index (χ4v) is 1.78. The minimum Gasteiger partial charge on any atom is -0.419 e. The van der Waals surface area contributed by atoms with Gasteiger partial charge in [0.15, 0.2) is 0 Å². The maximum absolute atomic E-state index is 8.76. The Morgan fingerprint density at radius 1 is 1.26 bits per heavy atom. The zero-order chi connectivity index (χ0) is 13.5. The van der Waals surface area contributed by atoms with Crippen molar-refractivity contribution < 1.29 is 9.52 Å². The highest BCUT2D eigenvalue weighted by molar-refractivity contribution is 5.51. The molecule has 1 unspecified atom stereocenters. The van der Waals surface area contributed by atoms with Gasteiger partial charge in [0.1, 0.15) is 0 Å². The number of nitrogens with zero attached hydrogens (tertiary/aromatic N) is 2. The van der Waals surface area contributed by atoms with Crippen molar-refractivity contribution >= 4 is 0 Å². The molecule has 0 radical (unpaired) electrons. The standard InChI is InChI=1S/C14H19N3O2/c1-11(6-5-9-18)15-10-13-16-17-14(19-13)12-7-3-2-4-8-12/h2-4,7-8,11,15,18H,5-6,9-10H2,1H3. The van der Waals surface area contributed by atoms with Gasteiger partial charge in [0.05, 0.1) is 6.54 Å². The van der Waals surface area contributed by atoms with Crippen molar-refractivity contribution in [1.29, 1.82) is 0 Å². The monoisotopic (exact) mass is 261 g/mol. The van der Waals surface area contributed by atoms with Crippen molar-refractivity contribution in [2.24, 2.45) is 0 Å². The molecule has 0 aliphatic rings. The van der Waals surface area contributed by atoms with Crippen LogP contribution in [0, 0.1) is 0 Å². The van der Waals surface area contributed by atoms with Crippen LogP contribution in [0.15, 0.2) is 34.7 Å². The van der Waals surface area contributed by atoms with E-state index < -0.39 is 0 Å². The van der Waals surface area contributed by atoms with Gasteiger partial charge in [-0.3, -0.25) is 0 Å².